The first-order valence-electron chi connectivity index (χ1n) is 8.76. The normalized spacial score (nSPS) is 23.0. The summed E-state index contributed by atoms with van der Waals surface area (Å²) in [4.78, 5) is 13.9. The number of nitrogens with zero attached hydrogens (tertiary/aromatic N) is 7. The first kappa shape index (κ1) is 14.8. The van der Waals surface area contributed by atoms with Crippen LogP contribution in [0, 0.1) is 13.8 Å². The maximum absolute atomic E-state index is 4.62. The van der Waals surface area contributed by atoms with Gasteiger partial charge in [0.1, 0.15) is 5.82 Å². The third-order valence-electron chi connectivity index (χ3n) is 5.42. The lowest BCUT2D eigenvalue weighted by molar-refractivity contribution is 0.230. The van der Waals surface area contributed by atoms with Gasteiger partial charge in [-0.2, -0.15) is 0 Å². The molecule has 5 heterocycles. The maximum Gasteiger partial charge on any atom is 0.203 e. The Balaban J connectivity index is 1.37. The van der Waals surface area contributed by atoms with Crippen molar-refractivity contribution >= 4 is 11.5 Å². The number of rotatable bonds is 3. The van der Waals surface area contributed by atoms with Crippen LogP contribution in [0.2, 0.25) is 0 Å². The summed E-state index contributed by atoms with van der Waals surface area (Å²) in [6, 6.07) is 3.30. The zero-order valence-corrected chi connectivity index (χ0v) is 14.5. The monoisotopic (exact) mass is 335 g/mol. The number of fused-ring (bicyclic) bond motifs is 3. The number of likely N-dealkylation sites (tertiary alicyclic amines) is 1. The fraction of sp³-hybridized carbons (Fsp3) is 0.444. The number of aryl methyl sites for hydroxylation is 2. The SMILES string of the molecule is Cc1cncc(CN2CC3CC2CN3c2nccn3c(C)nnc23)c1. The van der Waals surface area contributed by atoms with Gasteiger partial charge in [0, 0.05) is 56.5 Å². The highest BCUT2D eigenvalue weighted by atomic mass is 15.4. The van der Waals surface area contributed by atoms with Gasteiger partial charge in [0.2, 0.25) is 5.65 Å². The van der Waals surface area contributed by atoms with Gasteiger partial charge in [0.15, 0.2) is 5.82 Å². The standard InChI is InChI=1S/C18H21N7/c1-12-5-14(8-19-7-12)9-23-10-16-6-15(23)11-25(16)17-18-22-21-13(2)24(18)4-3-20-17/h3-5,7-8,15-16H,6,9-11H2,1-2H3. The minimum Gasteiger partial charge on any atom is -0.348 e. The van der Waals surface area contributed by atoms with Gasteiger partial charge in [-0.25, -0.2) is 4.98 Å². The topological polar surface area (TPSA) is 62.5 Å². The van der Waals surface area contributed by atoms with Crippen molar-refractivity contribution in [3.05, 3.63) is 47.8 Å². The first-order chi connectivity index (χ1) is 12.2. The zero-order valence-electron chi connectivity index (χ0n) is 14.5. The molecule has 2 atom stereocenters. The molecular weight excluding hydrogens is 314 g/mol. The molecule has 2 unspecified atom stereocenters. The van der Waals surface area contributed by atoms with Crippen LogP contribution < -0.4 is 4.90 Å². The largest absolute Gasteiger partial charge is 0.348 e. The zero-order chi connectivity index (χ0) is 17.0. The van der Waals surface area contributed by atoms with Crippen molar-refractivity contribution in [1.82, 2.24) is 29.5 Å². The Bertz CT molecular complexity index is 934. The van der Waals surface area contributed by atoms with Crippen LogP contribution >= 0.6 is 0 Å². The van der Waals surface area contributed by atoms with Crippen LogP contribution in [0.5, 0.6) is 0 Å². The summed E-state index contributed by atoms with van der Waals surface area (Å²) in [5.41, 5.74) is 3.39. The highest BCUT2D eigenvalue weighted by Crippen LogP contribution is 2.35. The van der Waals surface area contributed by atoms with E-state index in [1.165, 1.54) is 17.5 Å². The molecule has 0 spiro atoms. The third kappa shape index (κ3) is 2.38. The van der Waals surface area contributed by atoms with E-state index >= 15 is 0 Å². The van der Waals surface area contributed by atoms with Gasteiger partial charge < -0.3 is 4.90 Å². The number of piperazine rings is 1. The van der Waals surface area contributed by atoms with Crippen LogP contribution in [-0.4, -0.2) is 54.6 Å². The summed E-state index contributed by atoms with van der Waals surface area (Å²) in [6.07, 6.45) is 8.86. The molecule has 3 aromatic rings. The van der Waals surface area contributed by atoms with Crippen molar-refractivity contribution in [1.29, 1.82) is 0 Å². The average molecular weight is 335 g/mol. The van der Waals surface area contributed by atoms with Gasteiger partial charge >= 0.3 is 0 Å². The predicted molar refractivity (Wildman–Crippen MR) is 94.4 cm³/mol. The minimum absolute atomic E-state index is 0.499. The molecule has 2 saturated heterocycles. The molecule has 0 N–H and O–H groups in total. The second kappa shape index (κ2) is 5.49. The van der Waals surface area contributed by atoms with Crippen molar-refractivity contribution in [3.63, 3.8) is 0 Å². The molecule has 0 saturated carbocycles. The molecular formula is C18H21N7. The molecule has 5 rings (SSSR count). The molecule has 2 bridgehead atoms. The van der Waals surface area contributed by atoms with E-state index in [0.29, 0.717) is 12.1 Å². The Morgan fingerprint density at radius 2 is 2.04 bits per heavy atom. The van der Waals surface area contributed by atoms with Crippen molar-refractivity contribution in [2.75, 3.05) is 18.0 Å². The van der Waals surface area contributed by atoms with E-state index in [-0.39, 0.29) is 0 Å². The minimum atomic E-state index is 0.499. The van der Waals surface area contributed by atoms with Crippen LogP contribution in [0.1, 0.15) is 23.4 Å². The van der Waals surface area contributed by atoms with E-state index < -0.39 is 0 Å². The van der Waals surface area contributed by atoms with E-state index in [0.717, 1.165) is 36.9 Å². The van der Waals surface area contributed by atoms with E-state index in [2.05, 4.69) is 43.0 Å². The maximum atomic E-state index is 4.62. The average Bonchev–Trinajstić information content (AvgIpc) is 3.29. The van der Waals surface area contributed by atoms with Gasteiger partial charge in [0.25, 0.3) is 0 Å². The molecule has 7 nitrogen and oxygen atoms in total. The molecule has 2 aliphatic rings. The molecule has 2 aliphatic heterocycles. The predicted octanol–water partition coefficient (Wildman–Crippen LogP) is 1.60. The molecule has 2 fully saturated rings. The van der Waals surface area contributed by atoms with E-state index in [1.807, 2.05) is 36.1 Å². The van der Waals surface area contributed by atoms with Crippen molar-refractivity contribution in [3.8, 4) is 0 Å². The number of hydrogen-bond donors (Lipinski definition) is 0. The number of hydrogen-bond acceptors (Lipinski definition) is 6. The summed E-state index contributed by atoms with van der Waals surface area (Å²) >= 11 is 0. The van der Waals surface area contributed by atoms with Gasteiger partial charge in [-0.15, -0.1) is 10.2 Å². The second-order valence-corrected chi connectivity index (χ2v) is 7.19. The number of aromatic nitrogens is 5. The van der Waals surface area contributed by atoms with E-state index in [9.17, 15) is 0 Å². The molecule has 3 aromatic heterocycles. The summed E-state index contributed by atoms with van der Waals surface area (Å²) in [7, 11) is 0. The third-order valence-corrected chi connectivity index (χ3v) is 5.42. The number of pyridine rings is 1. The lowest BCUT2D eigenvalue weighted by Gasteiger charge is -2.34. The van der Waals surface area contributed by atoms with Crippen LogP contribution in [0.3, 0.4) is 0 Å². The fourth-order valence-corrected chi connectivity index (χ4v) is 4.27. The van der Waals surface area contributed by atoms with Gasteiger partial charge in [-0.05, 0) is 31.4 Å². The summed E-state index contributed by atoms with van der Waals surface area (Å²) in [5.74, 6) is 1.86. The van der Waals surface area contributed by atoms with Gasteiger partial charge in [0.05, 0.1) is 0 Å². The van der Waals surface area contributed by atoms with Gasteiger partial charge in [-0.3, -0.25) is 14.3 Å². The summed E-state index contributed by atoms with van der Waals surface area (Å²) in [5, 5.41) is 8.53. The van der Waals surface area contributed by atoms with Crippen molar-refractivity contribution in [2.24, 2.45) is 0 Å². The highest BCUT2D eigenvalue weighted by molar-refractivity contribution is 5.65. The van der Waals surface area contributed by atoms with Crippen molar-refractivity contribution in [2.45, 2.75) is 38.9 Å². The molecule has 128 valence electrons. The molecule has 25 heavy (non-hydrogen) atoms. The van der Waals surface area contributed by atoms with Crippen LogP contribution in [0.25, 0.3) is 5.65 Å². The van der Waals surface area contributed by atoms with E-state index in [4.69, 9.17) is 0 Å². The molecule has 7 heteroatoms. The Morgan fingerprint density at radius 3 is 2.84 bits per heavy atom. The Morgan fingerprint density at radius 1 is 1.12 bits per heavy atom. The Labute approximate surface area is 146 Å². The van der Waals surface area contributed by atoms with E-state index in [1.54, 1.807) is 0 Å². The lowest BCUT2D eigenvalue weighted by Crippen LogP contribution is -2.46. The van der Waals surface area contributed by atoms with Crippen molar-refractivity contribution < 1.29 is 0 Å². The molecule has 0 radical (unpaired) electrons. The molecule has 0 aromatic carbocycles. The smallest absolute Gasteiger partial charge is 0.203 e. The fourth-order valence-electron chi connectivity index (χ4n) is 4.27. The summed E-state index contributed by atoms with van der Waals surface area (Å²) < 4.78 is 2.02. The first-order valence-corrected chi connectivity index (χ1v) is 8.76. The summed E-state index contributed by atoms with van der Waals surface area (Å²) in [6.45, 7) is 7.11. The van der Waals surface area contributed by atoms with Crippen LogP contribution in [-0.2, 0) is 6.54 Å². The number of anilines is 1. The second-order valence-electron chi connectivity index (χ2n) is 7.19. The van der Waals surface area contributed by atoms with Crippen LogP contribution in [0.4, 0.5) is 5.82 Å². The van der Waals surface area contributed by atoms with Crippen LogP contribution in [0.15, 0.2) is 30.9 Å². The lowest BCUT2D eigenvalue weighted by atomic mass is 10.2. The molecule has 0 amide bonds. The van der Waals surface area contributed by atoms with Gasteiger partial charge in [-0.1, -0.05) is 6.07 Å². The highest BCUT2D eigenvalue weighted by Gasteiger charge is 2.44. The molecule has 0 aliphatic carbocycles. The Kier molecular flexibility index (Phi) is 3.24. The Hall–Kier alpha value is -2.54. The quantitative estimate of drug-likeness (QED) is 0.724.